The van der Waals surface area contributed by atoms with Gasteiger partial charge in [-0.25, -0.2) is 0 Å². The normalized spacial score (nSPS) is 17.7. The van der Waals surface area contributed by atoms with Crippen molar-refractivity contribution in [1.29, 1.82) is 0 Å². The van der Waals surface area contributed by atoms with Crippen molar-refractivity contribution in [2.75, 3.05) is 18.0 Å². The van der Waals surface area contributed by atoms with Gasteiger partial charge in [-0.1, -0.05) is 12.1 Å². The summed E-state index contributed by atoms with van der Waals surface area (Å²) in [5.41, 5.74) is 3.17. The molecule has 0 bridgehead atoms. The molecule has 0 atom stereocenters. The maximum absolute atomic E-state index is 12.3. The lowest BCUT2D eigenvalue weighted by Gasteiger charge is -2.36. The highest BCUT2D eigenvalue weighted by Gasteiger charge is 2.30. The fraction of sp³-hybridized carbons (Fsp3) is 0.312. The van der Waals surface area contributed by atoms with Gasteiger partial charge in [0, 0.05) is 30.5 Å². The van der Waals surface area contributed by atoms with Crippen LogP contribution >= 0.6 is 0 Å². The Bertz CT molecular complexity index is 705. The second-order valence-corrected chi connectivity index (χ2v) is 5.40. The lowest BCUT2D eigenvalue weighted by atomic mass is 9.87. The molecule has 3 nitrogen and oxygen atoms in total. The number of carbonyl (C=O) groups is 1. The Morgan fingerprint density at radius 2 is 2.00 bits per heavy atom. The fourth-order valence-electron chi connectivity index (χ4n) is 3.44. The summed E-state index contributed by atoms with van der Waals surface area (Å²) in [6, 6.07) is 7.51. The third-order valence-corrected chi connectivity index (χ3v) is 4.29. The summed E-state index contributed by atoms with van der Waals surface area (Å²) >= 11 is 0. The third kappa shape index (κ3) is 1.41. The number of phenolic OH excluding ortho intramolecular Hbond substituents is 1. The number of Topliss-reactive ketones (excluding diaryl/α,β-unsaturated/α-hetero) is 1. The summed E-state index contributed by atoms with van der Waals surface area (Å²) in [5.74, 6) is 0.484. The zero-order valence-corrected chi connectivity index (χ0v) is 10.6. The number of anilines is 1. The lowest BCUT2D eigenvalue weighted by Crippen LogP contribution is -2.36. The second kappa shape index (κ2) is 3.73. The molecule has 2 aromatic carbocycles. The monoisotopic (exact) mass is 253 g/mol. The van der Waals surface area contributed by atoms with Gasteiger partial charge in [0.15, 0.2) is 5.78 Å². The minimum Gasteiger partial charge on any atom is -0.507 e. The lowest BCUT2D eigenvalue weighted by molar-refractivity contribution is 0.0981. The standard InChI is InChI=1S/C16H15NO2/c18-13-5-1-4-11-12(13)9-10-3-2-7-17-8-6-14(19)15(11)16(10)17/h1,4-5,9,18H,2-3,6-8H2. The van der Waals surface area contributed by atoms with Gasteiger partial charge in [-0.05, 0) is 35.9 Å². The van der Waals surface area contributed by atoms with Crippen LogP contribution in [-0.2, 0) is 6.42 Å². The molecule has 3 heteroatoms. The Labute approximate surface area is 111 Å². The van der Waals surface area contributed by atoms with Crippen LogP contribution in [0.5, 0.6) is 5.75 Å². The van der Waals surface area contributed by atoms with Crippen LogP contribution in [-0.4, -0.2) is 24.0 Å². The quantitative estimate of drug-likeness (QED) is 0.784. The van der Waals surface area contributed by atoms with E-state index in [1.807, 2.05) is 12.1 Å². The molecular weight excluding hydrogens is 238 g/mol. The van der Waals surface area contributed by atoms with Crippen LogP contribution in [0.1, 0.15) is 28.8 Å². The third-order valence-electron chi connectivity index (χ3n) is 4.29. The van der Waals surface area contributed by atoms with E-state index >= 15 is 0 Å². The van der Waals surface area contributed by atoms with Gasteiger partial charge < -0.3 is 10.0 Å². The minimum atomic E-state index is 0.214. The Morgan fingerprint density at radius 1 is 1.11 bits per heavy atom. The molecule has 1 N–H and O–H groups in total. The number of fused-ring (bicyclic) bond motifs is 2. The minimum absolute atomic E-state index is 0.214. The molecular formula is C16H15NO2. The molecule has 2 aliphatic heterocycles. The predicted molar refractivity (Wildman–Crippen MR) is 75.1 cm³/mol. The summed E-state index contributed by atoms with van der Waals surface area (Å²) in [5, 5.41) is 11.7. The number of nitrogens with zero attached hydrogens (tertiary/aromatic N) is 1. The van der Waals surface area contributed by atoms with Crippen LogP contribution < -0.4 is 4.90 Å². The van der Waals surface area contributed by atoms with Crippen LogP contribution in [0.3, 0.4) is 0 Å². The number of hydrogen-bond donors (Lipinski definition) is 1. The number of carbonyl (C=O) groups excluding carboxylic acids is 1. The first kappa shape index (κ1) is 10.9. The summed E-state index contributed by atoms with van der Waals surface area (Å²) in [6.45, 7) is 1.88. The molecule has 0 fully saturated rings. The summed E-state index contributed by atoms with van der Waals surface area (Å²) in [6.07, 6.45) is 2.71. The Balaban J connectivity index is 2.17. The van der Waals surface area contributed by atoms with Gasteiger partial charge in [0.25, 0.3) is 0 Å². The molecule has 0 saturated heterocycles. The highest BCUT2D eigenvalue weighted by molar-refractivity contribution is 6.15. The van der Waals surface area contributed by atoms with E-state index in [4.69, 9.17) is 0 Å². The smallest absolute Gasteiger partial charge is 0.167 e. The first-order valence-corrected chi connectivity index (χ1v) is 6.81. The largest absolute Gasteiger partial charge is 0.507 e. The average Bonchev–Trinajstić information content (AvgIpc) is 2.43. The van der Waals surface area contributed by atoms with E-state index in [-0.39, 0.29) is 11.5 Å². The van der Waals surface area contributed by atoms with Gasteiger partial charge in [-0.2, -0.15) is 0 Å². The van der Waals surface area contributed by atoms with Crippen molar-refractivity contribution in [2.24, 2.45) is 0 Å². The van der Waals surface area contributed by atoms with Gasteiger partial charge in [-0.3, -0.25) is 4.79 Å². The van der Waals surface area contributed by atoms with E-state index in [0.29, 0.717) is 6.42 Å². The van der Waals surface area contributed by atoms with E-state index in [1.165, 1.54) is 5.56 Å². The number of aryl methyl sites for hydroxylation is 1. The zero-order chi connectivity index (χ0) is 13.0. The molecule has 0 aromatic heterocycles. The second-order valence-electron chi connectivity index (χ2n) is 5.40. The maximum atomic E-state index is 12.3. The van der Waals surface area contributed by atoms with E-state index in [9.17, 15) is 9.90 Å². The highest BCUT2D eigenvalue weighted by atomic mass is 16.3. The first-order chi connectivity index (χ1) is 9.25. The summed E-state index contributed by atoms with van der Waals surface area (Å²) in [4.78, 5) is 14.7. The maximum Gasteiger partial charge on any atom is 0.167 e. The van der Waals surface area contributed by atoms with Crippen molar-refractivity contribution in [3.05, 3.63) is 35.4 Å². The predicted octanol–water partition coefficient (Wildman–Crippen LogP) is 2.88. The van der Waals surface area contributed by atoms with Crippen LogP contribution in [0, 0.1) is 0 Å². The first-order valence-electron chi connectivity index (χ1n) is 6.81. The van der Waals surface area contributed by atoms with Crippen LogP contribution in [0.4, 0.5) is 5.69 Å². The van der Waals surface area contributed by atoms with Crippen molar-refractivity contribution >= 4 is 22.2 Å². The van der Waals surface area contributed by atoms with Crippen molar-refractivity contribution in [2.45, 2.75) is 19.3 Å². The van der Waals surface area contributed by atoms with Crippen LogP contribution in [0.25, 0.3) is 10.8 Å². The van der Waals surface area contributed by atoms with E-state index < -0.39 is 0 Å². The molecule has 0 amide bonds. The topological polar surface area (TPSA) is 40.5 Å². The number of benzene rings is 2. The Morgan fingerprint density at radius 3 is 2.89 bits per heavy atom. The molecule has 0 saturated carbocycles. The average molecular weight is 253 g/mol. The molecule has 4 rings (SSSR count). The number of phenols is 1. The van der Waals surface area contributed by atoms with Crippen LogP contribution in [0.15, 0.2) is 24.3 Å². The van der Waals surface area contributed by atoms with Crippen molar-refractivity contribution in [1.82, 2.24) is 0 Å². The van der Waals surface area contributed by atoms with Gasteiger partial charge >= 0.3 is 0 Å². The molecule has 0 aliphatic carbocycles. The molecule has 96 valence electrons. The molecule has 19 heavy (non-hydrogen) atoms. The summed E-state index contributed by atoms with van der Waals surface area (Å²) in [7, 11) is 0. The van der Waals surface area contributed by atoms with Gasteiger partial charge in [0.2, 0.25) is 0 Å². The van der Waals surface area contributed by atoms with Crippen molar-refractivity contribution < 1.29 is 9.90 Å². The molecule has 2 aliphatic rings. The van der Waals surface area contributed by atoms with Gasteiger partial charge in [-0.15, -0.1) is 0 Å². The SMILES string of the molecule is O=C1CCN2CCCc3cc4c(O)cccc4c1c32. The van der Waals surface area contributed by atoms with Gasteiger partial charge in [0.05, 0.1) is 5.69 Å². The van der Waals surface area contributed by atoms with Crippen molar-refractivity contribution in [3.63, 3.8) is 0 Å². The number of ketones is 1. The molecule has 0 spiro atoms. The molecule has 0 unspecified atom stereocenters. The number of aromatic hydroxyl groups is 1. The van der Waals surface area contributed by atoms with Crippen LogP contribution in [0.2, 0.25) is 0 Å². The fourth-order valence-corrected chi connectivity index (χ4v) is 3.44. The van der Waals surface area contributed by atoms with E-state index in [1.54, 1.807) is 6.07 Å². The Kier molecular flexibility index (Phi) is 2.13. The Hall–Kier alpha value is -2.03. The van der Waals surface area contributed by atoms with E-state index in [0.717, 1.165) is 48.0 Å². The summed E-state index contributed by atoms with van der Waals surface area (Å²) < 4.78 is 0. The number of rotatable bonds is 0. The molecule has 0 radical (unpaired) electrons. The number of hydrogen-bond acceptors (Lipinski definition) is 3. The zero-order valence-electron chi connectivity index (χ0n) is 10.6. The van der Waals surface area contributed by atoms with Crippen molar-refractivity contribution in [3.8, 4) is 5.75 Å². The highest BCUT2D eigenvalue weighted by Crippen LogP contribution is 2.41. The molecule has 2 aromatic rings. The molecule has 2 heterocycles. The van der Waals surface area contributed by atoms with E-state index in [2.05, 4.69) is 11.0 Å². The van der Waals surface area contributed by atoms with Gasteiger partial charge in [0.1, 0.15) is 5.75 Å².